The molecule has 0 atom stereocenters. The molecule has 4 heteroatoms. The molecule has 2 N–H and O–H groups in total. The molecule has 0 aliphatic rings. The van der Waals surface area contributed by atoms with Crippen LogP contribution >= 0.6 is 0 Å². The standard InChI is InChI=1S/C12H15N3O/c1-9-7-15(14-12(9)13)8-10-5-3-4-6-11(10)16-2/h3-7H,8H2,1-2H3,(H2,13,14). The van der Waals surface area contributed by atoms with Gasteiger partial charge in [0.1, 0.15) is 11.6 Å². The maximum atomic E-state index is 5.70. The number of aromatic nitrogens is 2. The Balaban J connectivity index is 2.26. The molecule has 0 aliphatic heterocycles. The van der Waals surface area contributed by atoms with Crippen LogP contribution in [0.5, 0.6) is 5.75 Å². The maximum Gasteiger partial charge on any atom is 0.148 e. The molecular formula is C12H15N3O. The van der Waals surface area contributed by atoms with Gasteiger partial charge in [0.05, 0.1) is 13.7 Å². The van der Waals surface area contributed by atoms with E-state index in [-0.39, 0.29) is 0 Å². The lowest BCUT2D eigenvalue weighted by atomic mass is 10.2. The van der Waals surface area contributed by atoms with Gasteiger partial charge in [-0.25, -0.2) is 0 Å². The van der Waals surface area contributed by atoms with Crippen LogP contribution < -0.4 is 10.5 Å². The highest BCUT2D eigenvalue weighted by Gasteiger charge is 2.05. The number of nitrogens with zero attached hydrogens (tertiary/aromatic N) is 2. The monoisotopic (exact) mass is 217 g/mol. The van der Waals surface area contributed by atoms with E-state index in [1.807, 2.05) is 42.1 Å². The first-order valence-electron chi connectivity index (χ1n) is 5.12. The molecule has 0 saturated carbocycles. The van der Waals surface area contributed by atoms with Crippen LogP contribution in [0.15, 0.2) is 30.5 Å². The molecule has 0 spiro atoms. The van der Waals surface area contributed by atoms with Crippen LogP contribution in [0.1, 0.15) is 11.1 Å². The molecule has 0 amide bonds. The minimum Gasteiger partial charge on any atom is -0.496 e. The number of nitrogens with two attached hydrogens (primary N) is 1. The van der Waals surface area contributed by atoms with E-state index in [4.69, 9.17) is 10.5 Å². The highest BCUT2D eigenvalue weighted by Crippen LogP contribution is 2.19. The van der Waals surface area contributed by atoms with Crippen molar-refractivity contribution in [3.8, 4) is 5.75 Å². The lowest BCUT2D eigenvalue weighted by Crippen LogP contribution is -2.02. The molecule has 4 nitrogen and oxygen atoms in total. The van der Waals surface area contributed by atoms with E-state index in [2.05, 4.69) is 5.10 Å². The molecule has 2 aromatic rings. The Bertz CT molecular complexity index is 471. The van der Waals surface area contributed by atoms with E-state index < -0.39 is 0 Å². The molecule has 0 fully saturated rings. The topological polar surface area (TPSA) is 53.1 Å². The highest BCUT2D eigenvalue weighted by atomic mass is 16.5. The van der Waals surface area contributed by atoms with E-state index in [1.54, 1.807) is 7.11 Å². The summed E-state index contributed by atoms with van der Waals surface area (Å²) in [5.74, 6) is 1.45. The summed E-state index contributed by atoms with van der Waals surface area (Å²) in [6.07, 6.45) is 1.93. The smallest absolute Gasteiger partial charge is 0.148 e. The van der Waals surface area contributed by atoms with Crippen LogP contribution in [0.25, 0.3) is 0 Å². The van der Waals surface area contributed by atoms with Gasteiger partial charge in [-0.3, -0.25) is 4.68 Å². The molecule has 2 rings (SSSR count). The zero-order valence-corrected chi connectivity index (χ0v) is 9.47. The predicted molar refractivity (Wildman–Crippen MR) is 63.5 cm³/mol. The zero-order valence-electron chi connectivity index (χ0n) is 9.47. The Labute approximate surface area is 94.6 Å². The summed E-state index contributed by atoms with van der Waals surface area (Å²) < 4.78 is 7.10. The SMILES string of the molecule is COc1ccccc1Cn1cc(C)c(N)n1. The fourth-order valence-electron chi connectivity index (χ4n) is 1.62. The fourth-order valence-corrected chi connectivity index (χ4v) is 1.62. The number of hydrogen-bond acceptors (Lipinski definition) is 3. The second kappa shape index (κ2) is 4.26. The van der Waals surface area contributed by atoms with Crippen molar-refractivity contribution < 1.29 is 4.74 Å². The molecule has 84 valence electrons. The number of nitrogen functional groups attached to an aromatic ring is 1. The minimum absolute atomic E-state index is 0.579. The summed E-state index contributed by atoms with van der Waals surface area (Å²) >= 11 is 0. The number of rotatable bonds is 3. The normalized spacial score (nSPS) is 10.4. The zero-order chi connectivity index (χ0) is 11.5. The third-order valence-corrected chi connectivity index (χ3v) is 2.51. The van der Waals surface area contributed by atoms with Crippen LogP contribution in [-0.4, -0.2) is 16.9 Å². The third-order valence-electron chi connectivity index (χ3n) is 2.51. The van der Waals surface area contributed by atoms with Crippen LogP contribution in [-0.2, 0) is 6.54 Å². The van der Waals surface area contributed by atoms with Crippen molar-refractivity contribution in [2.24, 2.45) is 0 Å². The molecule has 0 saturated heterocycles. The van der Waals surface area contributed by atoms with Crippen LogP contribution in [0, 0.1) is 6.92 Å². The first-order chi connectivity index (χ1) is 7.70. The quantitative estimate of drug-likeness (QED) is 0.853. The number of para-hydroxylation sites is 1. The van der Waals surface area contributed by atoms with Gasteiger partial charge in [-0.05, 0) is 13.0 Å². The Kier molecular flexibility index (Phi) is 2.81. The average Bonchev–Trinajstić information content (AvgIpc) is 2.59. The summed E-state index contributed by atoms with van der Waals surface area (Å²) in [7, 11) is 1.67. The van der Waals surface area contributed by atoms with Crippen LogP contribution in [0.3, 0.4) is 0 Å². The van der Waals surface area contributed by atoms with Gasteiger partial charge in [0.2, 0.25) is 0 Å². The summed E-state index contributed by atoms with van der Waals surface area (Å²) in [6.45, 7) is 2.61. The number of methoxy groups -OCH3 is 1. The minimum atomic E-state index is 0.579. The van der Waals surface area contributed by atoms with Crippen molar-refractivity contribution in [1.29, 1.82) is 0 Å². The summed E-state index contributed by atoms with van der Waals surface area (Å²) in [5.41, 5.74) is 7.79. The van der Waals surface area contributed by atoms with Crippen molar-refractivity contribution in [3.05, 3.63) is 41.6 Å². The van der Waals surface area contributed by atoms with Crippen LogP contribution in [0.4, 0.5) is 5.82 Å². The number of ether oxygens (including phenoxy) is 1. The molecule has 1 heterocycles. The van der Waals surface area contributed by atoms with Crippen molar-refractivity contribution in [2.75, 3.05) is 12.8 Å². The Morgan fingerprint density at radius 3 is 2.75 bits per heavy atom. The molecule has 0 aliphatic carbocycles. The lowest BCUT2D eigenvalue weighted by molar-refractivity contribution is 0.407. The van der Waals surface area contributed by atoms with Crippen LogP contribution in [0.2, 0.25) is 0 Å². The van der Waals surface area contributed by atoms with Gasteiger partial charge >= 0.3 is 0 Å². The van der Waals surface area contributed by atoms with Gasteiger partial charge < -0.3 is 10.5 Å². The molecular weight excluding hydrogens is 202 g/mol. The largest absolute Gasteiger partial charge is 0.496 e. The van der Waals surface area contributed by atoms with Gasteiger partial charge in [0.25, 0.3) is 0 Å². The van der Waals surface area contributed by atoms with Crippen molar-refractivity contribution >= 4 is 5.82 Å². The Morgan fingerprint density at radius 2 is 2.12 bits per heavy atom. The van der Waals surface area contributed by atoms with E-state index in [0.29, 0.717) is 12.4 Å². The number of aryl methyl sites for hydroxylation is 1. The lowest BCUT2D eigenvalue weighted by Gasteiger charge is -2.07. The second-order valence-electron chi connectivity index (χ2n) is 3.71. The predicted octanol–water partition coefficient (Wildman–Crippen LogP) is 1.83. The van der Waals surface area contributed by atoms with Crippen molar-refractivity contribution in [1.82, 2.24) is 9.78 Å². The first kappa shape index (κ1) is 10.5. The number of benzene rings is 1. The van der Waals surface area contributed by atoms with Gasteiger partial charge in [-0.15, -0.1) is 0 Å². The summed E-state index contributed by atoms with van der Waals surface area (Å²) in [4.78, 5) is 0. The molecule has 1 aromatic heterocycles. The number of hydrogen-bond donors (Lipinski definition) is 1. The Morgan fingerprint density at radius 1 is 1.38 bits per heavy atom. The van der Waals surface area contributed by atoms with E-state index in [1.165, 1.54) is 0 Å². The highest BCUT2D eigenvalue weighted by molar-refractivity contribution is 5.37. The number of anilines is 1. The average molecular weight is 217 g/mol. The van der Waals surface area contributed by atoms with Crippen molar-refractivity contribution in [3.63, 3.8) is 0 Å². The Hall–Kier alpha value is -1.97. The molecule has 16 heavy (non-hydrogen) atoms. The van der Waals surface area contributed by atoms with Crippen molar-refractivity contribution in [2.45, 2.75) is 13.5 Å². The first-order valence-corrected chi connectivity index (χ1v) is 5.12. The maximum absolute atomic E-state index is 5.70. The molecule has 0 radical (unpaired) electrons. The summed E-state index contributed by atoms with van der Waals surface area (Å²) in [5, 5.41) is 4.22. The van der Waals surface area contributed by atoms with Gasteiger partial charge in [0.15, 0.2) is 0 Å². The van der Waals surface area contributed by atoms with E-state index in [9.17, 15) is 0 Å². The summed E-state index contributed by atoms with van der Waals surface area (Å²) in [6, 6.07) is 7.89. The van der Waals surface area contributed by atoms with Gasteiger partial charge in [-0.1, -0.05) is 18.2 Å². The third kappa shape index (κ3) is 2.00. The van der Waals surface area contributed by atoms with E-state index in [0.717, 1.165) is 16.9 Å². The molecule has 0 bridgehead atoms. The van der Waals surface area contributed by atoms with Gasteiger partial charge in [-0.2, -0.15) is 5.10 Å². The van der Waals surface area contributed by atoms with E-state index >= 15 is 0 Å². The molecule has 1 aromatic carbocycles. The van der Waals surface area contributed by atoms with Gasteiger partial charge in [0, 0.05) is 17.3 Å². The second-order valence-corrected chi connectivity index (χ2v) is 3.71. The molecule has 0 unspecified atom stereocenters. The fraction of sp³-hybridized carbons (Fsp3) is 0.250.